The number of pyridine rings is 1. The van der Waals surface area contributed by atoms with Gasteiger partial charge in [0, 0.05) is 64.6 Å². The fourth-order valence-electron chi connectivity index (χ4n) is 2.60. The van der Waals surface area contributed by atoms with Crippen LogP contribution in [0, 0.1) is 0 Å². The highest BCUT2D eigenvalue weighted by atomic mass is 16.3. The van der Waals surface area contributed by atoms with Gasteiger partial charge in [-0.3, -0.25) is 19.6 Å². The zero-order valence-corrected chi connectivity index (χ0v) is 13.2. The van der Waals surface area contributed by atoms with Gasteiger partial charge in [0.2, 0.25) is 5.91 Å². The lowest BCUT2D eigenvalue weighted by atomic mass is 10.2. The molecular weight excluding hydrogens is 280 g/mol. The lowest BCUT2D eigenvalue weighted by molar-refractivity contribution is -0.121. The predicted molar refractivity (Wildman–Crippen MR) is 85.3 cm³/mol. The SMILES string of the molecule is CCC(=O)NC[C@H](O)CN1CCN(Cc2cccnc2)CC1. The van der Waals surface area contributed by atoms with Crippen LogP contribution in [0.1, 0.15) is 18.9 Å². The number of carbonyl (C=O) groups is 1. The smallest absolute Gasteiger partial charge is 0.219 e. The van der Waals surface area contributed by atoms with Gasteiger partial charge in [-0.25, -0.2) is 0 Å². The molecule has 0 radical (unpaired) electrons. The first-order valence-corrected chi connectivity index (χ1v) is 7.95. The van der Waals surface area contributed by atoms with Crippen molar-refractivity contribution in [2.75, 3.05) is 39.3 Å². The molecule has 1 aromatic rings. The number of aromatic nitrogens is 1. The first-order valence-electron chi connectivity index (χ1n) is 7.95. The number of nitrogens with one attached hydrogen (secondary N) is 1. The van der Waals surface area contributed by atoms with Crippen molar-refractivity contribution in [1.29, 1.82) is 0 Å². The van der Waals surface area contributed by atoms with Crippen molar-refractivity contribution in [3.63, 3.8) is 0 Å². The standard InChI is InChI=1S/C16H26N4O2/c1-2-16(22)18-11-15(21)13-20-8-6-19(7-9-20)12-14-4-3-5-17-10-14/h3-5,10,15,21H,2,6-9,11-13H2,1H3,(H,18,22)/t15-/m0/s1. The van der Waals surface area contributed by atoms with E-state index in [2.05, 4.69) is 26.2 Å². The van der Waals surface area contributed by atoms with Gasteiger partial charge >= 0.3 is 0 Å². The molecule has 1 fully saturated rings. The lowest BCUT2D eigenvalue weighted by Gasteiger charge is -2.35. The fraction of sp³-hybridized carbons (Fsp3) is 0.625. The van der Waals surface area contributed by atoms with Crippen molar-refractivity contribution in [2.24, 2.45) is 0 Å². The Bertz CT molecular complexity index is 447. The molecule has 0 bridgehead atoms. The van der Waals surface area contributed by atoms with Crippen molar-refractivity contribution in [3.05, 3.63) is 30.1 Å². The number of rotatable bonds is 7. The highest BCUT2D eigenvalue weighted by molar-refractivity contribution is 5.75. The van der Waals surface area contributed by atoms with Gasteiger partial charge in [-0.1, -0.05) is 13.0 Å². The number of piperazine rings is 1. The monoisotopic (exact) mass is 306 g/mol. The molecule has 0 aromatic carbocycles. The summed E-state index contributed by atoms with van der Waals surface area (Å²) in [5.74, 6) is -0.0136. The normalized spacial score (nSPS) is 18.1. The molecule has 122 valence electrons. The molecule has 2 rings (SSSR count). The van der Waals surface area contributed by atoms with E-state index in [1.165, 1.54) is 5.56 Å². The largest absolute Gasteiger partial charge is 0.390 e. The van der Waals surface area contributed by atoms with Crippen LogP contribution in [-0.2, 0) is 11.3 Å². The highest BCUT2D eigenvalue weighted by Gasteiger charge is 2.19. The molecule has 1 aliphatic rings. The van der Waals surface area contributed by atoms with Crippen LogP contribution in [0.2, 0.25) is 0 Å². The Kier molecular flexibility index (Phi) is 6.76. The van der Waals surface area contributed by atoms with E-state index in [1.807, 2.05) is 19.2 Å². The van der Waals surface area contributed by atoms with Crippen LogP contribution in [-0.4, -0.2) is 71.2 Å². The van der Waals surface area contributed by atoms with Gasteiger partial charge in [0.15, 0.2) is 0 Å². The van der Waals surface area contributed by atoms with E-state index in [0.717, 1.165) is 32.7 Å². The molecule has 6 heteroatoms. The second kappa shape index (κ2) is 8.82. The van der Waals surface area contributed by atoms with Gasteiger partial charge in [-0.2, -0.15) is 0 Å². The summed E-state index contributed by atoms with van der Waals surface area (Å²) in [5.41, 5.74) is 1.23. The predicted octanol–water partition coefficient (Wildman–Crippen LogP) is 0.0863. The van der Waals surface area contributed by atoms with Crippen molar-refractivity contribution in [3.8, 4) is 0 Å². The van der Waals surface area contributed by atoms with E-state index in [1.54, 1.807) is 6.20 Å². The third-order valence-electron chi connectivity index (χ3n) is 3.92. The Balaban J connectivity index is 1.65. The second-order valence-corrected chi connectivity index (χ2v) is 5.75. The fourth-order valence-corrected chi connectivity index (χ4v) is 2.60. The first kappa shape index (κ1) is 16.9. The van der Waals surface area contributed by atoms with Crippen molar-refractivity contribution in [2.45, 2.75) is 26.0 Å². The van der Waals surface area contributed by atoms with E-state index in [-0.39, 0.29) is 5.91 Å². The topological polar surface area (TPSA) is 68.7 Å². The number of carbonyl (C=O) groups excluding carboxylic acids is 1. The van der Waals surface area contributed by atoms with Crippen molar-refractivity contribution >= 4 is 5.91 Å². The maximum Gasteiger partial charge on any atom is 0.219 e. The Morgan fingerprint density at radius 1 is 1.36 bits per heavy atom. The van der Waals surface area contributed by atoms with Gasteiger partial charge in [-0.05, 0) is 11.6 Å². The molecule has 2 N–H and O–H groups in total. The molecule has 22 heavy (non-hydrogen) atoms. The van der Waals surface area contributed by atoms with E-state index < -0.39 is 6.10 Å². The molecule has 6 nitrogen and oxygen atoms in total. The molecule has 1 saturated heterocycles. The van der Waals surface area contributed by atoms with Crippen LogP contribution in [0.5, 0.6) is 0 Å². The van der Waals surface area contributed by atoms with E-state index in [4.69, 9.17) is 0 Å². The first-order chi connectivity index (χ1) is 10.7. The number of hydrogen-bond donors (Lipinski definition) is 2. The van der Waals surface area contributed by atoms with Crippen LogP contribution in [0.25, 0.3) is 0 Å². The summed E-state index contributed by atoms with van der Waals surface area (Å²) in [7, 11) is 0. The van der Waals surface area contributed by atoms with E-state index in [0.29, 0.717) is 19.5 Å². The molecule has 0 aliphatic carbocycles. The average molecular weight is 306 g/mol. The number of aliphatic hydroxyl groups is 1. The molecular formula is C16H26N4O2. The van der Waals surface area contributed by atoms with E-state index in [9.17, 15) is 9.90 Å². The number of amides is 1. The molecule has 1 aliphatic heterocycles. The summed E-state index contributed by atoms with van der Waals surface area (Å²) in [6, 6.07) is 4.06. The zero-order chi connectivity index (χ0) is 15.8. The van der Waals surface area contributed by atoms with Crippen molar-refractivity contribution < 1.29 is 9.90 Å². The average Bonchev–Trinajstić information content (AvgIpc) is 2.55. The number of β-amino-alcohol motifs (C(OH)–C–C–N with tert-alkyl or cyclic N) is 1. The van der Waals surface area contributed by atoms with E-state index >= 15 is 0 Å². The molecule has 1 aromatic heterocycles. The number of aliphatic hydroxyl groups excluding tert-OH is 1. The van der Waals surface area contributed by atoms with Gasteiger partial charge < -0.3 is 10.4 Å². The van der Waals surface area contributed by atoms with Gasteiger partial charge in [0.1, 0.15) is 0 Å². The number of nitrogens with zero attached hydrogens (tertiary/aromatic N) is 3. The van der Waals surface area contributed by atoms with Crippen LogP contribution in [0.15, 0.2) is 24.5 Å². The van der Waals surface area contributed by atoms with Crippen LogP contribution < -0.4 is 5.32 Å². The van der Waals surface area contributed by atoms with Crippen LogP contribution in [0.4, 0.5) is 0 Å². The molecule has 2 heterocycles. The summed E-state index contributed by atoms with van der Waals surface area (Å²) in [6.07, 6.45) is 3.66. The van der Waals surface area contributed by atoms with Crippen molar-refractivity contribution in [1.82, 2.24) is 20.1 Å². The third kappa shape index (κ3) is 5.71. The Hall–Kier alpha value is -1.50. The molecule has 0 spiro atoms. The van der Waals surface area contributed by atoms with Gasteiger partial charge in [0.05, 0.1) is 6.10 Å². The number of hydrogen-bond acceptors (Lipinski definition) is 5. The molecule has 1 amide bonds. The Labute approximate surface area is 132 Å². The molecule has 0 saturated carbocycles. The summed E-state index contributed by atoms with van der Waals surface area (Å²) >= 11 is 0. The van der Waals surface area contributed by atoms with Crippen LogP contribution >= 0.6 is 0 Å². The minimum atomic E-state index is -0.500. The minimum Gasteiger partial charge on any atom is -0.390 e. The van der Waals surface area contributed by atoms with Crippen LogP contribution in [0.3, 0.4) is 0 Å². The molecule has 0 unspecified atom stereocenters. The second-order valence-electron chi connectivity index (χ2n) is 5.75. The Morgan fingerprint density at radius 2 is 2.09 bits per heavy atom. The lowest BCUT2D eigenvalue weighted by Crippen LogP contribution is -2.49. The highest BCUT2D eigenvalue weighted by Crippen LogP contribution is 2.07. The third-order valence-corrected chi connectivity index (χ3v) is 3.92. The zero-order valence-electron chi connectivity index (χ0n) is 13.2. The quantitative estimate of drug-likeness (QED) is 0.747. The summed E-state index contributed by atoms with van der Waals surface area (Å²) in [6.45, 7) is 7.55. The molecule has 1 atom stereocenters. The summed E-state index contributed by atoms with van der Waals surface area (Å²) < 4.78 is 0. The maximum absolute atomic E-state index is 11.2. The summed E-state index contributed by atoms with van der Waals surface area (Å²) in [5, 5.41) is 12.7. The van der Waals surface area contributed by atoms with Gasteiger partial charge in [0.25, 0.3) is 0 Å². The maximum atomic E-state index is 11.2. The minimum absolute atomic E-state index is 0.0136. The Morgan fingerprint density at radius 3 is 2.73 bits per heavy atom. The summed E-state index contributed by atoms with van der Waals surface area (Å²) in [4.78, 5) is 20.0. The van der Waals surface area contributed by atoms with Gasteiger partial charge in [-0.15, -0.1) is 0 Å².